The number of Topliss-reactive ketones (excluding diaryl/α,β-unsaturated/α-hetero) is 1. The summed E-state index contributed by atoms with van der Waals surface area (Å²) < 4.78 is 5.38. The van der Waals surface area contributed by atoms with E-state index in [0.29, 0.717) is 56.1 Å². The first-order chi connectivity index (χ1) is 23.2. The average molecular weight is 696 g/mol. The fourth-order valence-corrected chi connectivity index (χ4v) is 6.12. The number of rotatable bonds is 15. The molecule has 266 valence electrons. The molecule has 2 fully saturated rings. The lowest BCUT2D eigenvalue weighted by Gasteiger charge is -2.33. The van der Waals surface area contributed by atoms with Crippen molar-refractivity contribution in [2.75, 3.05) is 25.0 Å². The molecular formula is C37H50ClN5O6. The maximum absolute atomic E-state index is 13.8. The summed E-state index contributed by atoms with van der Waals surface area (Å²) in [6.45, 7) is 10.6. The van der Waals surface area contributed by atoms with Crippen LogP contribution in [-0.2, 0) is 30.3 Å². The summed E-state index contributed by atoms with van der Waals surface area (Å²) in [6, 6.07) is 13.1. The van der Waals surface area contributed by atoms with Gasteiger partial charge in [0.15, 0.2) is 5.78 Å². The molecule has 0 radical (unpaired) electrons. The van der Waals surface area contributed by atoms with E-state index in [-0.39, 0.29) is 35.9 Å². The molecule has 4 atom stereocenters. The van der Waals surface area contributed by atoms with Gasteiger partial charge in [0.2, 0.25) is 17.7 Å². The zero-order chi connectivity index (χ0) is 35.7. The molecule has 0 bridgehead atoms. The third-order valence-corrected chi connectivity index (χ3v) is 9.19. The van der Waals surface area contributed by atoms with E-state index in [0.717, 1.165) is 5.56 Å². The normalized spacial score (nSPS) is 19.5. The summed E-state index contributed by atoms with van der Waals surface area (Å²) in [4.78, 5) is 68.8. The van der Waals surface area contributed by atoms with Crippen LogP contribution < -0.4 is 21.3 Å². The van der Waals surface area contributed by atoms with Crippen LogP contribution in [0.25, 0.3) is 0 Å². The van der Waals surface area contributed by atoms with Gasteiger partial charge >= 0.3 is 6.03 Å². The molecule has 0 spiro atoms. The van der Waals surface area contributed by atoms with Crippen molar-refractivity contribution in [2.45, 2.75) is 90.4 Å². The van der Waals surface area contributed by atoms with Gasteiger partial charge in [-0.25, -0.2) is 4.79 Å². The van der Waals surface area contributed by atoms with Gasteiger partial charge in [-0.2, -0.15) is 0 Å². The summed E-state index contributed by atoms with van der Waals surface area (Å²) in [7, 11) is 0. The summed E-state index contributed by atoms with van der Waals surface area (Å²) >= 11 is 5.94. The highest BCUT2D eigenvalue weighted by Crippen LogP contribution is 2.30. The Bertz CT molecular complexity index is 1460. The topological polar surface area (TPSA) is 149 Å². The summed E-state index contributed by atoms with van der Waals surface area (Å²) in [5.41, 5.74) is 0.580. The molecule has 5 amide bonds. The highest BCUT2D eigenvalue weighted by molar-refractivity contribution is 6.30. The zero-order valence-corrected chi connectivity index (χ0v) is 29.8. The smallest absolute Gasteiger partial charge is 0.318 e. The quantitative estimate of drug-likeness (QED) is 0.198. The van der Waals surface area contributed by atoms with Crippen molar-refractivity contribution in [3.05, 3.63) is 65.2 Å². The number of piperidine rings is 1. The van der Waals surface area contributed by atoms with Gasteiger partial charge in [0, 0.05) is 36.1 Å². The van der Waals surface area contributed by atoms with Gasteiger partial charge in [0.25, 0.3) is 0 Å². The van der Waals surface area contributed by atoms with Gasteiger partial charge < -0.3 is 30.9 Å². The van der Waals surface area contributed by atoms with Crippen LogP contribution in [0, 0.1) is 17.8 Å². The number of ether oxygens (including phenoxy) is 1. The van der Waals surface area contributed by atoms with E-state index in [2.05, 4.69) is 21.3 Å². The molecule has 12 heteroatoms. The molecule has 2 aliphatic rings. The van der Waals surface area contributed by atoms with Crippen molar-refractivity contribution in [3.63, 3.8) is 0 Å². The molecule has 49 heavy (non-hydrogen) atoms. The van der Waals surface area contributed by atoms with E-state index in [4.69, 9.17) is 16.3 Å². The molecule has 0 saturated carbocycles. The molecule has 4 rings (SSSR count). The summed E-state index contributed by atoms with van der Waals surface area (Å²) in [6.07, 6.45) is 1.94. The van der Waals surface area contributed by atoms with Gasteiger partial charge in [-0.1, -0.05) is 69.6 Å². The number of benzene rings is 2. The number of hydrogen-bond acceptors (Lipinski definition) is 6. The number of ketones is 1. The third-order valence-electron chi connectivity index (χ3n) is 8.94. The van der Waals surface area contributed by atoms with E-state index in [1.165, 1.54) is 0 Å². The van der Waals surface area contributed by atoms with Crippen LogP contribution in [0.5, 0.6) is 0 Å². The Hall–Kier alpha value is -3.96. The highest BCUT2D eigenvalue weighted by Gasteiger charge is 2.50. The molecule has 2 aromatic rings. The molecule has 4 N–H and O–H groups in total. The SMILES string of the molecule is CC(C)CC(NC(=O)N1CCC(C(=O)Nc2ccc(Cl)cc2)CC1)C(=O)NC(Cc1ccccc1)C(=O)NC(CC(C)C)C(=O)C1(C)CO1. The second kappa shape index (κ2) is 17.1. The fraction of sp³-hybridized carbons (Fsp3) is 0.541. The highest BCUT2D eigenvalue weighted by atomic mass is 35.5. The van der Waals surface area contributed by atoms with Crippen LogP contribution in [0.2, 0.25) is 5.02 Å². The maximum Gasteiger partial charge on any atom is 0.318 e. The standard InChI is InChI=1S/C37H50ClN5O6/c1-23(2)19-29(32(44)37(5)22-49-37)40-35(47)31(21-25-9-7-6-8-10-25)41-34(46)30(20-24(3)4)42-36(48)43-17-15-26(16-18-43)33(45)39-28-13-11-27(38)12-14-28/h6-14,23-24,26,29-31H,15-22H2,1-5H3,(H,39,45)(H,40,47)(H,41,46)(H,42,48). The predicted molar refractivity (Wildman–Crippen MR) is 189 cm³/mol. The minimum atomic E-state index is -0.994. The number of amides is 5. The lowest BCUT2D eigenvalue weighted by Crippen LogP contribution is -2.58. The summed E-state index contributed by atoms with van der Waals surface area (Å²) in [5.74, 6) is -1.32. The Morgan fingerprint density at radius 3 is 1.94 bits per heavy atom. The van der Waals surface area contributed by atoms with Crippen LogP contribution >= 0.6 is 11.6 Å². The first kappa shape index (κ1) is 37.9. The first-order valence-electron chi connectivity index (χ1n) is 17.2. The maximum atomic E-state index is 13.8. The third kappa shape index (κ3) is 11.3. The first-order valence-corrected chi connectivity index (χ1v) is 17.6. The van der Waals surface area contributed by atoms with E-state index in [1.54, 1.807) is 36.1 Å². The van der Waals surface area contributed by atoms with E-state index >= 15 is 0 Å². The Morgan fingerprint density at radius 2 is 1.37 bits per heavy atom. The number of urea groups is 1. The van der Waals surface area contributed by atoms with Gasteiger partial charge in [-0.15, -0.1) is 0 Å². The molecule has 2 saturated heterocycles. The number of nitrogens with one attached hydrogen (secondary N) is 4. The van der Waals surface area contributed by atoms with Gasteiger partial charge in [-0.05, 0) is 74.3 Å². The van der Waals surface area contributed by atoms with Crippen LogP contribution in [0.15, 0.2) is 54.6 Å². The van der Waals surface area contributed by atoms with Crippen LogP contribution in [0.4, 0.5) is 10.5 Å². The number of likely N-dealkylation sites (tertiary alicyclic amines) is 1. The Kier molecular flexibility index (Phi) is 13.2. The molecule has 2 heterocycles. The van der Waals surface area contributed by atoms with Crippen molar-refractivity contribution in [2.24, 2.45) is 17.8 Å². The monoisotopic (exact) mass is 695 g/mol. The molecule has 4 unspecified atom stereocenters. The lowest BCUT2D eigenvalue weighted by molar-refractivity contribution is -0.133. The van der Waals surface area contributed by atoms with Crippen LogP contribution in [-0.4, -0.2) is 77.9 Å². The van der Waals surface area contributed by atoms with Gasteiger partial charge in [0.1, 0.15) is 17.7 Å². The summed E-state index contributed by atoms with van der Waals surface area (Å²) in [5, 5.41) is 12.2. The Balaban J connectivity index is 1.40. The number of epoxide rings is 1. The van der Waals surface area contributed by atoms with Crippen molar-refractivity contribution in [1.82, 2.24) is 20.9 Å². The Labute approximate surface area is 294 Å². The average Bonchev–Trinajstić information content (AvgIpc) is 3.82. The van der Waals surface area contributed by atoms with Gasteiger partial charge in [0.05, 0.1) is 12.6 Å². The second-order valence-electron chi connectivity index (χ2n) is 14.2. The van der Waals surface area contributed by atoms with Crippen LogP contribution in [0.3, 0.4) is 0 Å². The van der Waals surface area contributed by atoms with Crippen molar-refractivity contribution in [3.8, 4) is 0 Å². The fourth-order valence-electron chi connectivity index (χ4n) is 5.99. The molecule has 2 aromatic carbocycles. The molecule has 0 aliphatic carbocycles. The van der Waals surface area contributed by atoms with Crippen LogP contribution in [0.1, 0.15) is 65.9 Å². The molecular weight excluding hydrogens is 646 g/mol. The van der Waals surface area contributed by atoms with E-state index < -0.39 is 41.6 Å². The minimum absolute atomic E-state index is 0.0621. The number of halogens is 1. The van der Waals surface area contributed by atoms with Crippen molar-refractivity contribution >= 4 is 46.8 Å². The second-order valence-corrected chi connectivity index (χ2v) is 14.7. The largest absolute Gasteiger partial charge is 0.361 e. The molecule has 11 nitrogen and oxygen atoms in total. The van der Waals surface area contributed by atoms with Crippen molar-refractivity contribution in [1.29, 1.82) is 0 Å². The number of anilines is 1. The van der Waals surface area contributed by atoms with Crippen molar-refractivity contribution < 1.29 is 28.7 Å². The van der Waals surface area contributed by atoms with E-state index in [9.17, 15) is 24.0 Å². The van der Waals surface area contributed by atoms with E-state index in [1.807, 2.05) is 58.0 Å². The zero-order valence-electron chi connectivity index (χ0n) is 29.1. The van der Waals surface area contributed by atoms with Gasteiger partial charge in [-0.3, -0.25) is 19.2 Å². The number of nitrogens with zero attached hydrogens (tertiary/aromatic N) is 1. The molecule has 2 aliphatic heterocycles. The number of carbonyl (C=O) groups excluding carboxylic acids is 5. The molecule has 0 aromatic heterocycles. The lowest BCUT2D eigenvalue weighted by atomic mass is 9.93. The Morgan fingerprint density at radius 1 is 0.816 bits per heavy atom. The number of hydrogen-bond donors (Lipinski definition) is 4. The predicted octanol–water partition coefficient (Wildman–Crippen LogP) is 4.73. The number of carbonyl (C=O) groups is 5. The minimum Gasteiger partial charge on any atom is -0.361 e.